The SMILES string of the molecule is Cc1nc(-c2cccs2)sc1C(=O)Nc1ccc(C(=O)N2CC(=O)Nc3ccccc32)cc1. The maximum absolute atomic E-state index is 13.1. The number of anilines is 3. The van der Waals surface area contributed by atoms with Crippen LogP contribution in [0.1, 0.15) is 25.7 Å². The second kappa shape index (κ2) is 8.61. The zero-order valence-corrected chi connectivity index (χ0v) is 19.1. The molecule has 0 saturated carbocycles. The lowest BCUT2D eigenvalue weighted by atomic mass is 10.1. The average Bonchev–Trinajstić information content (AvgIpc) is 3.48. The van der Waals surface area contributed by atoms with Crippen LogP contribution in [-0.2, 0) is 4.79 Å². The molecule has 2 aromatic carbocycles. The molecule has 7 nitrogen and oxygen atoms in total. The molecule has 0 saturated heterocycles. The average molecular weight is 475 g/mol. The lowest BCUT2D eigenvalue weighted by Gasteiger charge is -2.29. The number of thiazole rings is 1. The van der Waals surface area contributed by atoms with Gasteiger partial charge in [-0.05, 0) is 54.8 Å². The molecule has 2 N–H and O–H groups in total. The largest absolute Gasteiger partial charge is 0.323 e. The van der Waals surface area contributed by atoms with Crippen LogP contribution in [-0.4, -0.2) is 29.3 Å². The molecule has 9 heteroatoms. The van der Waals surface area contributed by atoms with Crippen LogP contribution in [0.2, 0.25) is 0 Å². The number of fused-ring (bicyclic) bond motifs is 1. The smallest absolute Gasteiger partial charge is 0.267 e. The second-order valence-corrected chi connectivity index (χ2v) is 9.35. The van der Waals surface area contributed by atoms with Gasteiger partial charge in [0.25, 0.3) is 11.8 Å². The quantitative estimate of drug-likeness (QED) is 0.434. The van der Waals surface area contributed by atoms with Gasteiger partial charge in [-0.15, -0.1) is 22.7 Å². The summed E-state index contributed by atoms with van der Waals surface area (Å²) < 4.78 is 0. The number of thiophene rings is 1. The van der Waals surface area contributed by atoms with Crippen LogP contribution in [0.4, 0.5) is 17.1 Å². The third-order valence-corrected chi connectivity index (χ3v) is 7.34. The topological polar surface area (TPSA) is 91.4 Å². The van der Waals surface area contributed by atoms with Gasteiger partial charge in [0.2, 0.25) is 5.91 Å². The molecule has 0 aliphatic carbocycles. The molecule has 1 aliphatic heterocycles. The van der Waals surface area contributed by atoms with E-state index in [1.54, 1.807) is 53.8 Å². The molecule has 2 aromatic heterocycles. The summed E-state index contributed by atoms with van der Waals surface area (Å²) in [6.07, 6.45) is 0. The van der Waals surface area contributed by atoms with E-state index in [0.29, 0.717) is 33.2 Å². The van der Waals surface area contributed by atoms with E-state index in [4.69, 9.17) is 0 Å². The first-order valence-electron chi connectivity index (χ1n) is 10.1. The highest BCUT2D eigenvalue weighted by molar-refractivity contribution is 7.22. The zero-order valence-electron chi connectivity index (χ0n) is 17.5. The Morgan fingerprint density at radius 2 is 1.85 bits per heavy atom. The molecule has 3 heterocycles. The molecule has 164 valence electrons. The van der Waals surface area contributed by atoms with Crippen LogP contribution in [0, 0.1) is 6.92 Å². The molecule has 0 radical (unpaired) electrons. The number of aryl methyl sites for hydroxylation is 1. The number of rotatable bonds is 4. The molecule has 33 heavy (non-hydrogen) atoms. The number of nitrogens with zero attached hydrogens (tertiary/aromatic N) is 2. The minimum atomic E-state index is -0.283. The van der Waals surface area contributed by atoms with Gasteiger partial charge in [-0.2, -0.15) is 0 Å². The van der Waals surface area contributed by atoms with E-state index in [0.717, 1.165) is 9.88 Å². The van der Waals surface area contributed by atoms with Crippen LogP contribution < -0.4 is 15.5 Å². The summed E-state index contributed by atoms with van der Waals surface area (Å²) in [4.78, 5) is 45.5. The lowest BCUT2D eigenvalue weighted by molar-refractivity contribution is -0.115. The molecular weight excluding hydrogens is 456 g/mol. The molecule has 0 fully saturated rings. The highest BCUT2D eigenvalue weighted by Crippen LogP contribution is 2.32. The summed E-state index contributed by atoms with van der Waals surface area (Å²) in [5, 5.41) is 8.44. The van der Waals surface area contributed by atoms with E-state index >= 15 is 0 Å². The Balaban J connectivity index is 1.32. The summed E-state index contributed by atoms with van der Waals surface area (Å²) in [5.74, 6) is -0.768. The van der Waals surface area contributed by atoms with Gasteiger partial charge in [-0.3, -0.25) is 19.3 Å². The van der Waals surface area contributed by atoms with Gasteiger partial charge in [0.1, 0.15) is 16.4 Å². The van der Waals surface area contributed by atoms with Gasteiger partial charge in [-0.1, -0.05) is 18.2 Å². The Labute approximate surface area is 197 Å². The fourth-order valence-corrected chi connectivity index (χ4v) is 5.33. The first-order valence-corrected chi connectivity index (χ1v) is 11.8. The van der Waals surface area contributed by atoms with E-state index in [-0.39, 0.29) is 24.3 Å². The molecule has 0 bridgehead atoms. The van der Waals surface area contributed by atoms with Crippen molar-refractivity contribution in [2.24, 2.45) is 0 Å². The van der Waals surface area contributed by atoms with Crippen molar-refractivity contribution in [3.63, 3.8) is 0 Å². The first kappa shape index (κ1) is 21.0. The Bertz CT molecular complexity index is 1360. The van der Waals surface area contributed by atoms with Crippen LogP contribution in [0.15, 0.2) is 66.0 Å². The predicted molar refractivity (Wildman–Crippen MR) is 131 cm³/mol. The van der Waals surface area contributed by atoms with Crippen molar-refractivity contribution < 1.29 is 14.4 Å². The lowest BCUT2D eigenvalue weighted by Crippen LogP contribution is -2.42. The molecule has 4 aromatic rings. The highest BCUT2D eigenvalue weighted by Gasteiger charge is 2.27. The van der Waals surface area contributed by atoms with Crippen molar-refractivity contribution >= 4 is 57.5 Å². The van der Waals surface area contributed by atoms with Gasteiger partial charge >= 0.3 is 0 Å². The molecule has 0 atom stereocenters. The van der Waals surface area contributed by atoms with Crippen LogP contribution in [0.3, 0.4) is 0 Å². The standard InChI is InChI=1S/C24H18N4O3S2/c1-14-21(33-23(25-14)19-7-4-12-32-19)22(30)26-16-10-8-15(9-11-16)24(31)28-13-20(29)27-17-5-2-3-6-18(17)28/h2-12H,13H2,1H3,(H,26,30)(H,27,29). The molecule has 0 unspecified atom stereocenters. The minimum Gasteiger partial charge on any atom is -0.323 e. The molecule has 0 spiro atoms. The number of benzene rings is 2. The number of hydrogen-bond donors (Lipinski definition) is 2. The summed E-state index contributed by atoms with van der Waals surface area (Å²) in [7, 11) is 0. The summed E-state index contributed by atoms with van der Waals surface area (Å²) in [6.45, 7) is 1.77. The molecule has 1 aliphatic rings. The van der Waals surface area contributed by atoms with Gasteiger partial charge in [0.05, 0.1) is 21.9 Å². The second-order valence-electron chi connectivity index (χ2n) is 7.40. The predicted octanol–water partition coefficient (Wildman–Crippen LogP) is 5.03. The van der Waals surface area contributed by atoms with Crippen LogP contribution in [0.25, 0.3) is 9.88 Å². The van der Waals surface area contributed by atoms with Gasteiger partial charge in [0, 0.05) is 11.3 Å². The van der Waals surface area contributed by atoms with E-state index < -0.39 is 0 Å². The number of carbonyl (C=O) groups is 3. The van der Waals surface area contributed by atoms with Crippen molar-refractivity contribution in [1.82, 2.24) is 4.98 Å². The monoisotopic (exact) mass is 474 g/mol. The number of aromatic nitrogens is 1. The highest BCUT2D eigenvalue weighted by atomic mass is 32.1. The number of nitrogens with one attached hydrogen (secondary N) is 2. The van der Waals surface area contributed by atoms with Crippen LogP contribution >= 0.6 is 22.7 Å². The van der Waals surface area contributed by atoms with Crippen LogP contribution in [0.5, 0.6) is 0 Å². The van der Waals surface area contributed by atoms with E-state index in [1.807, 2.05) is 30.5 Å². The minimum absolute atomic E-state index is 0.0500. The van der Waals surface area contributed by atoms with Gasteiger partial charge < -0.3 is 10.6 Å². The van der Waals surface area contributed by atoms with Gasteiger partial charge in [-0.25, -0.2) is 4.98 Å². The van der Waals surface area contributed by atoms with Crippen molar-refractivity contribution in [1.29, 1.82) is 0 Å². The Kier molecular flexibility index (Phi) is 5.49. The van der Waals surface area contributed by atoms with Gasteiger partial charge in [0.15, 0.2) is 0 Å². The fourth-order valence-electron chi connectivity index (χ4n) is 3.57. The molecule has 3 amide bonds. The third kappa shape index (κ3) is 4.15. The summed E-state index contributed by atoms with van der Waals surface area (Å²) in [5.41, 5.74) is 2.93. The maximum Gasteiger partial charge on any atom is 0.267 e. The Morgan fingerprint density at radius 1 is 1.06 bits per heavy atom. The number of para-hydroxylation sites is 2. The zero-order chi connectivity index (χ0) is 22.9. The Morgan fingerprint density at radius 3 is 2.61 bits per heavy atom. The molecule has 5 rings (SSSR count). The van der Waals surface area contributed by atoms with E-state index in [2.05, 4.69) is 15.6 Å². The molecular formula is C24H18N4O3S2. The summed E-state index contributed by atoms with van der Waals surface area (Å²) >= 11 is 2.93. The number of carbonyl (C=O) groups excluding carboxylic acids is 3. The van der Waals surface area contributed by atoms with Crippen molar-refractivity contribution in [2.45, 2.75) is 6.92 Å². The first-order chi connectivity index (χ1) is 16.0. The Hall–Kier alpha value is -3.82. The van der Waals surface area contributed by atoms with E-state index in [1.165, 1.54) is 16.2 Å². The van der Waals surface area contributed by atoms with Crippen molar-refractivity contribution in [3.05, 3.63) is 82.2 Å². The summed E-state index contributed by atoms with van der Waals surface area (Å²) in [6, 6.07) is 17.8. The van der Waals surface area contributed by atoms with Crippen molar-refractivity contribution in [2.75, 3.05) is 22.1 Å². The number of hydrogen-bond acceptors (Lipinski definition) is 6. The normalized spacial score (nSPS) is 12.8. The van der Waals surface area contributed by atoms with Crippen molar-refractivity contribution in [3.8, 4) is 9.88 Å². The fraction of sp³-hybridized carbons (Fsp3) is 0.0833. The third-order valence-electron chi connectivity index (χ3n) is 5.14. The maximum atomic E-state index is 13.1. The van der Waals surface area contributed by atoms with E-state index in [9.17, 15) is 14.4 Å². The number of amides is 3.